The molecule has 112 valence electrons. The molecule has 0 spiro atoms. The number of rotatable bonds is 7. The number of carbonyl (C=O) groups is 1. The molecule has 0 aliphatic heterocycles. The van der Waals surface area contributed by atoms with Crippen LogP contribution in [0.25, 0.3) is 0 Å². The molecule has 0 saturated heterocycles. The van der Waals surface area contributed by atoms with E-state index in [0.717, 1.165) is 6.26 Å². The van der Waals surface area contributed by atoms with Crippen LogP contribution in [-0.2, 0) is 21.1 Å². The van der Waals surface area contributed by atoms with Crippen molar-refractivity contribution in [2.24, 2.45) is 5.73 Å². The third-order valence-corrected chi connectivity index (χ3v) is 3.77. The SMILES string of the molecule is CS(=O)(=O)CCC(N)C(=O)NCCc1ccccc1F. The topological polar surface area (TPSA) is 89.3 Å². The molecule has 7 heteroatoms. The summed E-state index contributed by atoms with van der Waals surface area (Å²) in [6.45, 7) is 0.256. The van der Waals surface area contributed by atoms with Crippen molar-refractivity contribution < 1.29 is 17.6 Å². The van der Waals surface area contributed by atoms with Crippen molar-refractivity contribution in [3.05, 3.63) is 35.6 Å². The van der Waals surface area contributed by atoms with Crippen molar-refractivity contribution in [1.29, 1.82) is 0 Å². The Hall–Kier alpha value is -1.47. The monoisotopic (exact) mass is 302 g/mol. The normalized spacial score (nSPS) is 12.9. The maximum Gasteiger partial charge on any atom is 0.236 e. The quantitative estimate of drug-likeness (QED) is 0.755. The zero-order valence-corrected chi connectivity index (χ0v) is 12.1. The molecule has 1 rings (SSSR count). The van der Waals surface area contributed by atoms with Crippen LogP contribution in [-0.4, -0.2) is 38.9 Å². The number of nitrogens with two attached hydrogens (primary N) is 1. The Morgan fingerprint density at radius 2 is 2.05 bits per heavy atom. The van der Waals surface area contributed by atoms with Crippen LogP contribution in [0.3, 0.4) is 0 Å². The van der Waals surface area contributed by atoms with E-state index in [0.29, 0.717) is 12.0 Å². The van der Waals surface area contributed by atoms with Crippen LogP contribution in [0.15, 0.2) is 24.3 Å². The van der Waals surface area contributed by atoms with Crippen LogP contribution in [0.1, 0.15) is 12.0 Å². The number of sulfone groups is 1. The van der Waals surface area contributed by atoms with E-state index in [-0.39, 0.29) is 24.5 Å². The van der Waals surface area contributed by atoms with Gasteiger partial charge in [-0.1, -0.05) is 18.2 Å². The number of nitrogens with one attached hydrogen (secondary N) is 1. The van der Waals surface area contributed by atoms with E-state index < -0.39 is 21.8 Å². The van der Waals surface area contributed by atoms with Gasteiger partial charge in [0.1, 0.15) is 15.7 Å². The molecule has 1 aromatic carbocycles. The van der Waals surface area contributed by atoms with Crippen molar-refractivity contribution in [2.75, 3.05) is 18.6 Å². The van der Waals surface area contributed by atoms with Gasteiger partial charge < -0.3 is 11.1 Å². The van der Waals surface area contributed by atoms with E-state index in [1.54, 1.807) is 18.2 Å². The van der Waals surface area contributed by atoms with Crippen molar-refractivity contribution >= 4 is 15.7 Å². The highest BCUT2D eigenvalue weighted by Crippen LogP contribution is 2.06. The molecule has 0 aliphatic carbocycles. The summed E-state index contributed by atoms with van der Waals surface area (Å²) in [5.41, 5.74) is 6.09. The first-order valence-corrected chi connectivity index (χ1v) is 8.30. The van der Waals surface area contributed by atoms with Gasteiger partial charge in [-0.2, -0.15) is 0 Å². The number of carbonyl (C=O) groups excluding carboxylic acids is 1. The molecule has 5 nitrogen and oxygen atoms in total. The molecule has 0 fully saturated rings. The lowest BCUT2D eigenvalue weighted by Crippen LogP contribution is -2.42. The van der Waals surface area contributed by atoms with E-state index in [4.69, 9.17) is 5.73 Å². The van der Waals surface area contributed by atoms with Gasteiger partial charge in [0, 0.05) is 12.8 Å². The molecule has 0 aromatic heterocycles. The number of benzene rings is 1. The Morgan fingerprint density at radius 1 is 1.40 bits per heavy atom. The van der Waals surface area contributed by atoms with Crippen molar-refractivity contribution in [1.82, 2.24) is 5.32 Å². The minimum Gasteiger partial charge on any atom is -0.354 e. The fourth-order valence-electron chi connectivity index (χ4n) is 1.62. The lowest BCUT2D eigenvalue weighted by molar-refractivity contribution is -0.122. The fraction of sp³-hybridized carbons (Fsp3) is 0.462. The largest absolute Gasteiger partial charge is 0.354 e. The Bertz CT molecular complexity index is 560. The highest BCUT2D eigenvalue weighted by Gasteiger charge is 2.15. The van der Waals surface area contributed by atoms with Crippen molar-refractivity contribution in [2.45, 2.75) is 18.9 Å². The summed E-state index contributed by atoms with van der Waals surface area (Å²) < 4.78 is 35.3. The van der Waals surface area contributed by atoms with Gasteiger partial charge in [-0.3, -0.25) is 4.79 Å². The molecule has 0 radical (unpaired) electrons. The molecular formula is C13H19FN2O3S. The van der Waals surface area contributed by atoms with E-state index in [9.17, 15) is 17.6 Å². The molecule has 1 atom stereocenters. The molecule has 1 aromatic rings. The van der Waals surface area contributed by atoms with Gasteiger partial charge in [0.15, 0.2) is 0 Å². The van der Waals surface area contributed by atoms with E-state index >= 15 is 0 Å². The molecule has 0 heterocycles. The summed E-state index contributed by atoms with van der Waals surface area (Å²) in [6.07, 6.45) is 1.53. The number of hydrogen-bond acceptors (Lipinski definition) is 4. The third kappa shape index (κ3) is 6.12. The zero-order valence-electron chi connectivity index (χ0n) is 11.3. The summed E-state index contributed by atoms with van der Waals surface area (Å²) >= 11 is 0. The minimum atomic E-state index is -3.13. The Morgan fingerprint density at radius 3 is 2.65 bits per heavy atom. The second-order valence-corrected chi connectivity index (χ2v) is 6.92. The molecule has 1 unspecified atom stereocenters. The average molecular weight is 302 g/mol. The zero-order chi connectivity index (χ0) is 15.2. The van der Waals surface area contributed by atoms with E-state index in [1.165, 1.54) is 6.07 Å². The Labute approximate surface area is 118 Å². The van der Waals surface area contributed by atoms with Gasteiger partial charge in [0.25, 0.3) is 0 Å². The van der Waals surface area contributed by atoms with Crippen LogP contribution < -0.4 is 11.1 Å². The highest BCUT2D eigenvalue weighted by atomic mass is 32.2. The molecular weight excluding hydrogens is 283 g/mol. The summed E-state index contributed by atoms with van der Waals surface area (Å²) in [7, 11) is -3.13. The van der Waals surface area contributed by atoms with Crippen LogP contribution in [0.4, 0.5) is 4.39 Å². The lowest BCUT2D eigenvalue weighted by atomic mass is 10.1. The summed E-state index contributed by atoms with van der Waals surface area (Å²) in [6, 6.07) is 5.45. The fourth-order valence-corrected chi connectivity index (χ4v) is 2.31. The molecule has 3 N–H and O–H groups in total. The van der Waals surface area contributed by atoms with Gasteiger partial charge in [-0.05, 0) is 24.5 Å². The molecule has 1 amide bonds. The molecule has 20 heavy (non-hydrogen) atoms. The number of halogens is 1. The van der Waals surface area contributed by atoms with Gasteiger partial charge in [-0.25, -0.2) is 12.8 Å². The lowest BCUT2D eigenvalue weighted by Gasteiger charge is -2.11. The van der Waals surface area contributed by atoms with E-state index in [1.807, 2.05) is 0 Å². The third-order valence-electron chi connectivity index (χ3n) is 2.79. The molecule has 0 bridgehead atoms. The summed E-state index contributed by atoms with van der Waals surface area (Å²) in [5, 5.41) is 2.57. The minimum absolute atomic E-state index is 0.0738. The maximum absolute atomic E-state index is 13.3. The molecule has 0 saturated carbocycles. The van der Waals surface area contributed by atoms with Gasteiger partial charge in [-0.15, -0.1) is 0 Å². The van der Waals surface area contributed by atoms with Crippen LogP contribution in [0, 0.1) is 5.82 Å². The second-order valence-electron chi connectivity index (χ2n) is 4.66. The van der Waals surface area contributed by atoms with Gasteiger partial charge in [0.05, 0.1) is 11.8 Å². The first-order valence-electron chi connectivity index (χ1n) is 6.24. The standard InChI is InChI=1S/C13H19FN2O3S/c1-20(18,19)9-7-12(15)13(17)16-8-6-10-4-2-3-5-11(10)14/h2-5,12H,6-9,15H2,1H3,(H,16,17). The highest BCUT2D eigenvalue weighted by molar-refractivity contribution is 7.90. The Balaban J connectivity index is 2.35. The average Bonchev–Trinajstić information content (AvgIpc) is 2.37. The van der Waals surface area contributed by atoms with Crippen LogP contribution >= 0.6 is 0 Å². The van der Waals surface area contributed by atoms with Crippen molar-refractivity contribution in [3.63, 3.8) is 0 Å². The first-order chi connectivity index (χ1) is 9.29. The summed E-state index contributed by atoms with van der Waals surface area (Å²) in [4.78, 5) is 11.6. The number of hydrogen-bond donors (Lipinski definition) is 2. The Kier molecular flexibility index (Phi) is 6.09. The molecule has 0 aliphatic rings. The maximum atomic E-state index is 13.3. The van der Waals surface area contributed by atoms with Crippen LogP contribution in [0.2, 0.25) is 0 Å². The van der Waals surface area contributed by atoms with E-state index in [2.05, 4.69) is 5.32 Å². The van der Waals surface area contributed by atoms with Crippen molar-refractivity contribution in [3.8, 4) is 0 Å². The first kappa shape index (κ1) is 16.6. The predicted molar refractivity (Wildman–Crippen MR) is 75.4 cm³/mol. The van der Waals surface area contributed by atoms with Gasteiger partial charge in [0.2, 0.25) is 5.91 Å². The van der Waals surface area contributed by atoms with Gasteiger partial charge >= 0.3 is 0 Å². The van der Waals surface area contributed by atoms with Crippen LogP contribution in [0.5, 0.6) is 0 Å². The smallest absolute Gasteiger partial charge is 0.236 e. The number of amides is 1. The summed E-state index contributed by atoms with van der Waals surface area (Å²) in [5.74, 6) is -0.873. The second kappa shape index (κ2) is 7.35. The predicted octanol–water partition coefficient (Wildman–Crippen LogP) is 0.246.